The van der Waals surface area contributed by atoms with Crippen molar-refractivity contribution in [1.82, 2.24) is 10.6 Å². The summed E-state index contributed by atoms with van der Waals surface area (Å²) >= 11 is 5.25. The van der Waals surface area contributed by atoms with Crippen LogP contribution in [0.3, 0.4) is 0 Å². The summed E-state index contributed by atoms with van der Waals surface area (Å²) < 4.78 is 0. The van der Waals surface area contributed by atoms with E-state index >= 15 is 0 Å². The number of nitrogens with one attached hydrogen (secondary N) is 2. The highest BCUT2D eigenvalue weighted by atomic mass is 32.1. The van der Waals surface area contributed by atoms with Gasteiger partial charge in [-0.3, -0.25) is 10.1 Å². The number of rotatable bonds is 3. The predicted octanol–water partition coefficient (Wildman–Crippen LogP) is 4.35. The molecule has 1 atom stereocenters. The Labute approximate surface area is 149 Å². The Bertz CT molecular complexity index is 703. The van der Waals surface area contributed by atoms with Crippen LogP contribution in [0.1, 0.15) is 55.2 Å². The van der Waals surface area contributed by atoms with Gasteiger partial charge in [0, 0.05) is 5.56 Å². The molecule has 3 nitrogen and oxygen atoms in total. The van der Waals surface area contributed by atoms with Crippen LogP contribution in [0.2, 0.25) is 0 Å². The number of hydrogen-bond acceptors (Lipinski definition) is 2. The summed E-state index contributed by atoms with van der Waals surface area (Å²) in [4.78, 5) is 12.3. The third kappa shape index (κ3) is 4.90. The third-order valence-electron chi connectivity index (χ3n) is 3.89. The van der Waals surface area contributed by atoms with Gasteiger partial charge in [0.15, 0.2) is 5.11 Å². The Hall–Kier alpha value is -2.20. The number of carbonyl (C=O) groups excluding carboxylic acids is 1. The average molecular weight is 340 g/mol. The van der Waals surface area contributed by atoms with Gasteiger partial charge in [-0.25, -0.2) is 0 Å². The van der Waals surface area contributed by atoms with Crippen molar-refractivity contribution in [3.8, 4) is 0 Å². The highest BCUT2D eigenvalue weighted by molar-refractivity contribution is 7.80. The van der Waals surface area contributed by atoms with Crippen LogP contribution in [0, 0.1) is 0 Å². The lowest BCUT2D eigenvalue weighted by atomic mass is 9.87. The van der Waals surface area contributed by atoms with Crippen LogP contribution >= 0.6 is 12.2 Å². The van der Waals surface area contributed by atoms with Gasteiger partial charge in [-0.2, -0.15) is 0 Å². The third-order valence-corrected chi connectivity index (χ3v) is 4.11. The highest BCUT2D eigenvalue weighted by Crippen LogP contribution is 2.22. The average Bonchev–Trinajstić information content (AvgIpc) is 2.54. The predicted molar refractivity (Wildman–Crippen MR) is 103 cm³/mol. The monoisotopic (exact) mass is 340 g/mol. The maximum atomic E-state index is 12.3. The van der Waals surface area contributed by atoms with Crippen molar-refractivity contribution in [2.75, 3.05) is 0 Å². The van der Waals surface area contributed by atoms with Gasteiger partial charge in [0.25, 0.3) is 5.91 Å². The second-order valence-corrected chi connectivity index (χ2v) is 7.30. The fraction of sp³-hybridized carbons (Fsp3) is 0.300. The van der Waals surface area contributed by atoms with E-state index in [2.05, 4.69) is 31.4 Å². The molecular weight excluding hydrogens is 316 g/mol. The summed E-state index contributed by atoms with van der Waals surface area (Å²) in [5.74, 6) is -0.201. The quantitative estimate of drug-likeness (QED) is 0.816. The molecule has 2 rings (SSSR count). The molecule has 0 saturated heterocycles. The molecule has 4 heteroatoms. The Balaban J connectivity index is 1.95. The first-order valence-corrected chi connectivity index (χ1v) is 8.45. The van der Waals surface area contributed by atoms with E-state index in [0.717, 1.165) is 5.56 Å². The van der Waals surface area contributed by atoms with Crippen LogP contribution in [0.5, 0.6) is 0 Å². The van der Waals surface area contributed by atoms with Crippen LogP contribution in [0.15, 0.2) is 54.6 Å². The van der Waals surface area contributed by atoms with Crippen LogP contribution in [0.25, 0.3) is 0 Å². The number of benzene rings is 2. The lowest BCUT2D eigenvalue weighted by molar-refractivity contribution is 0.0976. The van der Waals surface area contributed by atoms with Crippen molar-refractivity contribution < 1.29 is 4.79 Å². The first kappa shape index (κ1) is 18.1. The molecule has 0 aromatic heterocycles. The van der Waals surface area contributed by atoms with E-state index in [1.54, 1.807) is 0 Å². The van der Waals surface area contributed by atoms with Crippen LogP contribution < -0.4 is 10.6 Å². The number of carbonyl (C=O) groups is 1. The van der Waals surface area contributed by atoms with Crippen molar-refractivity contribution in [3.63, 3.8) is 0 Å². The van der Waals surface area contributed by atoms with Crippen molar-refractivity contribution in [2.45, 2.75) is 39.2 Å². The molecule has 1 amide bonds. The van der Waals surface area contributed by atoms with Gasteiger partial charge in [-0.05, 0) is 47.8 Å². The molecule has 0 spiro atoms. The largest absolute Gasteiger partial charge is 0.356 e. The summed E-state index contributed by atoms with van der Waals surface area (Å²) in [5.41, 5.74) is 2.97. The smallest absolute Gasteiger partial charge is 0.257 e. The summed E-state index contributed by atoms with van der Waals surface area (Å²) in [6.45, 7) is 8.44. The number of amides is 1. The molecule has 2 aromatic rings. The van der Waals surface area contributed by atoms with E-state index in [9.17, 15) is 4.79 Å². The molecule has 126 valence electrons. The molecule has 0 unspecified atom stereocenters. The van der Waals surface area contributed by atoms with Crippen molar-refractivity contribution in [3.05, 3.63) is 71.3 Å². The maximum absolute atomic E-state index is 12.3. The Kier molecular flexibility index (Phi) is 5.73. The van der Waals surface area contributed by atoms with Crippen LogP contribution in [-0.4, -0.2) is 11.0 Å². The summed E-state index contributed by atoms with van der Waals surface area (Å²) in [6, 6.07) is 17.6. The van der Waals surface area contributed by atoms with E-state index in [0.29, 0.717) is 10.7 Å². The second-order valence-electron chi connectivity index (χ2n) is 6.89. The molecule has 24 heavy (non-hydrogen) atoms. The molecule has 0 saturated carbocycles. The molecule has 0 aliphatic rings. The zero-order valence-corrected chi connectivity index (χ0v) is 15.4. The van der Waals surface area contributed by atoms with E-state index in [-0.39, 0.29) is 17.4 Å². The van der Waals surface area contributed by atoms with Crippen molar-refractivity contribution in [2.24, 2.45) is 0 Å². The molecule has 2 N–H and O–H groups in total. The summed E-state index contributed by atoms with van der Waals surface area (Å²) in [6.07, 6.45) is 0. The SMILES string of the molecule is C[C@H](NC(=S)NC(=O)c1ccc(C(C)(C)C)cc1)c1ccccc1. The van der Waals surface area contributed by atoms with E-state index in [1.807, 2.05) is 61.5 Å². The lowest BCUT2D eigenvalue weighted by Crippen LogP contribution is -2.40. The lowest BCUT2D eigenvalue weighted by Gasteiger charge is -2.19. The number of thiocarbonyl (C=S) groups is 1. The van der Waals surface area contributed by atoms with Gasteiger partial charge in [0.05, 0.1) is 6.04 Å². The molecule has 0 radical (unpaired) electrons. The molecule has 0 aliphatic carbocycles. The maximum Gasteiger partial charge on any atom is 0.257 e. The minimum absolute atomic E-state index is 0.0299. The van der Waals surface area contributed by atoms with Gasteiger partial charge in [-0.15, -0.1) is 0 Å². The molecular formula is C20H24N2OS. The zero-order valence-electron chi connectivity index (χ0n) is 14.6. The van der Waals surface area contributed by atoms with Gasteiger partial charge in [-0.1, -0.05) is 63.2 Å². The Morgan fingerprint density at radius 2 is 1.58 bits per heavy atom. The minimum atomic E-state index is -0.201. The first-order valence-electron chi connectivity index (χ1n) is 8.04. The van der Waals surface area contributed by atoms with Gasteiger partial charge in [0.1, 0.15) is 0 Å². The van der Waals surface area contributed by atoms with E-state index in [1.165, 1.54) is 5.56 Å². The zero-order chi connectivity index (χ0) is 17.7. The topological polar surface area (TPSA) is 41.1 Å². The normalized spacial score (nSPS) is 12.3. The molecule has 0 bridgehead atoms. The van der Waals surface area contributed by atoms with Crippen molar-refractivity contribution in [1.29, 1.82) is 0 Å². The molecule has 0 aliphatic heterocycles. The van der Waals surface area contributed by atoms with Gasteiger partial charge < -0.3 is 5.32 Å². The first-order chi connectivity index (χ1) is 11.3. The fourth-order valence-electron chi connectivity index (χ4n) is 2.35. The minimum Gasteiger partial charge on any atom is -0.356 e. The molecule has 2 aromatic carbocycles. The Morgan fingerprint density at radius 1 is 1.00 bits per heavy atom. The summed E-state index contributed by atoms with van der Waals surface area (Å²) in [5, 5.41) is 6.20. The summed E-state index contributed by atoms with van der Waals surface area (Å²) in [7, 11) is 0. The molecule has 0 heterocycles. The second kappa shape index (κ2) is 7.58. The van der Waals surface area contributed by atoms with E-state index < -0.39 is 0 Å². The highest BCUT2D eigenvalue weighted by Gasteiger charge is 2.15. The fourth-order valence-corrected chi connectivity index (χ4v) is 2.62. The van der Waals surface area contributed by atoms with Gasteiger partial charge in [0.2, 0.25) is 0 Å². The van der Waals surface area contributed by atoms with Gasteiger partial charge >= 0.3 is 0 Å². The van der Waals surface area contributed by atoms with Crippen LogP contribution in [0.4, 0.5) is 0 Å². The standard InChI is InChI=1S/C20H24N2OS/c1-14(15-8-6-5-7-9-15)21-19(24)22-18(23)16-10-12-17(13-11-16)20(2,3)4/h5-14H,1-4H3,(H2,21,22,23,24)/t14-/m0/s1. The molecule has 0 fully saturated rings. The number of hydrogen-bond donors (Lipinski definition) is 2. The van der Waals surface area contributed by atoms with Crippen LogP contribution in [-0.2, 0) is 5.41 Å². The van der Waals surface area contributed by atoms with E-state index in [4.69, 9.17) is 12.2 Å². The Morgan fingerprint density at radius 3 is 2.12 bits per heavy atom. The van der Waals surface area contributed by atoms with Crippen molar-refractivity contribution >= 4 is 23.2 Å².